The van der Waals surface area contributed by atoms with E-state index in [0.29, 0.717) is 47.2 Å². The fourth-order valence-corrected chi connectivity index (χ4v) is 4.85. The molecule has 144 valence electrons. The number of nitrogens with zero attached hydrogens (tertiary/aromatic N) is 1. The average molecular weight is 427 g/mol. The van der Waals surface area contributed by atoms with Gasteiger partial charge in [-0.05, 0) is 54.3 Å². The second-order valence-corrected chi connectivity index (χ2v) is 9.37. The van der Waals surface area contributed by atoms with Crippen molar-refractivity contribution in [2.24, 2.45) is 0 Å². The monoisotopic (exact) mass is 426 g/mol. The van der Waals surface area contributed by atoms with Crippen molar-refractivity contribution in [1.82, 2.24) is 4.31 Å². The normalized spacial score (nSPS) is 14.6. The summed E-state index contributed by atoms with van der Waals surface area (Å²) in [4.78, 5) is 12.4. The second kappa shape index (κ2) is 8.19. The first-order chi connectivity index (χ1) is 12.8. The van der Waals surface area contributed by atoms with Gasteiger partial charge in [0.25, 0.3) is 5.91 Å². The molecule has 2 aromatic carbocycles. The Morgan fingerprint density at radius 3 is 2.59 bits per heavy atom. The first-order valence-corrected chi connectivity index (χ1v) is 11.0. The summed E-state index contributed by atoms with van der Waals surface area (Å²) >= 11 is 11.8. The van der Waals surface area contributed by atoms with E-state index < -0.39 is 10.0 Å². The molecule has 1 heterocycles. The van der Waals surface area contributed by atoms with Crippen molar-refractivity contribution >= 4 is 44.8 Å². The number of anilines is 1. The molecule has 0 atom stereocenters. The molecule has 0 spiro atoms. The van der Waals surface area contributed by atoms with Gasteiger partial charge < -0.3 is 5.32 Å². The van der Waals surface area contributed by atoms with Crippen molar-refractivity contribution in [3.05, 3.63) is 63.1 Å². The SMILES string of the molecule is CCCS(=O)(=O)N1CCc2ccc(NC(=O)c3ccc(Cl)c(Cl)c3)cc2C1. The molecule has 0 fully saturated rings. The molecule has 0 unspecified atom stereocenters. The predicted octanol–water partition coefficient (Wildman–Crippen LogP) is 4.34. The maximum Gasteiger partial charge on any atom is 0.255 e. The molecule has 5 nitrogen and oxygen atoms in total. The minimum absolute atomic E-state index is 0.149. The van der Waals surface area contributed by atoms with E-state index in [0.717, 1.165) is 11.1 Å². The summed E-state index contributed by atoms with van der Waals surface area (Å²) in [6.45, 7) is 2.67. The van der Waals surface area contributed by atoms with Crippen molar-refractivity contribution in [3.63, 3.8) is 0 Å². The van der Waals surface area contributed by atoms with Crippen LogP contribution in [0.5, 0.6) is 0 Å². The Labute approximate surface area is 169 Å². The molecule has 2 aromatic rings. The minimum atomic E-state index is -3.25. The number of hydrogen-bond donors (Lipinski definition) is 1. The average Bonchev–Trinajstić information content (AvgIpc) is 2.63. The number of rotatable bonds is 5. The van der Waals surface area contributed by atoms with Crippen LogP contribution < -0.4 is 5.32 Å². The molecule has 0 saturated heterocycles. The predicted molar refractivity (Wildman–Crippen MR) is 109 cm³/mol. The number of carbonyl (C=O) groups excluding carboxylic acids is 1. The van der Waals surface area contributed by atoms with Gasteiger partial charge in [0, 0.05) is 24.3 Å². The highest BCUT2D eigenvalue weighted by Gasteiger charge is 2.26. The standard InChI is InChI=1S/C19H20Cl2N2O3S/c1-2-9-27(25,26)23-8-7-13-3-5-16(10-15(13)12-23)22-19(24)14-4-6-17(20)18(21)11-14/h3-6,10-11H,2,7-9,12H2,1H3,(H,22,24). The van der Waals surface area contributed by atoms with Gasteiger partial charge in [0.2, 0.25) is 10.0 Å². The zero-order valence-corrected chi connectivity index (χ0v) is 17.2. The molecule has 0 saturated carbocycles. The number of benzene rings is 2. The molecule has 0 bridgehead atoms. The van der Waals surface area contributed by atoms with E-state index in [9.17, 15) is 13.2 Å². The molecule has 27 heavy (non-hydrogen) atoms. The number of carbonyl (C=O) groups is 1. The maximum absolute atomic E-state index is 12.4. The highest BCUT2D eigenvalue weighted by Crippen LogP contribution is 2.26. The van der Waals surface area contributed by atoms with Crippen molar-refractivity contribution in [2.75, 3.05) is 17.6 Å². The van der Waals surface area contributed by atoms with E-state index in [1.54, 1.807) is 12.1 Å². The van der Waals surface area contributed by atoms with Crippen molar-refractivity contribution in [1.29, 1.82) is 0 Å². The van der Waals surface area contributed by atoms with Gasteiger partial charge in [-0.15, -0.1) is 0 Å². The minimum Gasteiger partial charge on any atom is -0.322 e. The van der Waals surface area contributed by atoms with E-state index in [4.69, 9.17) is 23.2 Å². The summed E-state index contributed by atoms with van der Waals surface area (Å²) in [6, 6.07) is 10.3. The van der Waals surface area contributed by atoms with Gasteiger partial charge in [-0.1, -0.05) is 36.2 Å². The number of hydrogen-bond acceptors (Lipinski definition) is 3. The van der Waals surface area contributed by atoms with Gasteiger partial charge in [-0.2, -0.15) is 4.31 Å². The second-order valence-electron chi connectivity index (χ2n) is 6.47. The van der Waals surface area contributed by atoms with E-state index in [1.807, 2.05) is 25.1 Å². The Morgan fingerprint density at radius 1 is 1.11 bits per heavy atom. The molecule has 3 rings (SSSR count). The lowest BCUT2D eigenvalue weighted by Gasteiger charge is -2.28. The zero-order chi connectivity index (χ0) is 19.6. The van der Waals surface area contributed by atoms with E-state index >= 15 is 0 Å². The summed E-state index contributed by atoms with van der Waals surface area (Å²) < 4.78 is 26.2. The first-order valence-electron chi connectivity index (χ1n) is 8.66. The van der Waals surface area contributed by atoms with Gasteiger partial charge in [0.1, 0.15) is 0 Å². The third kappa shape index (κ3) is 4.63. The smallest absolute Gasteiger partial charge is 0.255 e. The van der Waals surface area contributed by atoms with E-state index in [-0.39, 0.29) is 11.7 Å². The molecule has 1 N–H and O–H groups in total. The number of sulfonamides is 1. The van der Waals surface area contributed by atoms with Crippen molar-refractivity contribution in [3.8, 4) is 0 Å². The molecule has 0 radical (unpaired) electrons. The number of nitrogens with one attached hydrogen (secondary N) is 1. The van der Waals surface area contributed by atoms with E-state index in [1.165, 1.54) is 10.4 Å². The summed E-state index contributed by atoms with van der Waals surface area (Å²) in [5.41, 5.74) is 3.02. The summed E-state index contributed by atoms with van der Waals surface area (Å²) in [5.74, 6) is -0.157. The largest absolute Gasteiger partial charge is 0.322 e. The van der Waals surface area contributed by atoms with E-state index in [2.05, 4.69) is 5.32 Å². The molecule has 1 amide bonds. The lowest BCUT2D eigenvalue weighted by Crippen LogP contribution is -2.37. The lowest BCUT2D eigenvalue weighted by molar-refractivity contribution is 0.102. The summed E-state index contributed by atoms with van der Waals surface area (Å²) in [7, 11) is -3.25. The number of fused-ring (bicyclic) bond motifs is 1. The molecular weight excluding hydrogens is 407 g/mol. The van der Waals surface area contributed by atoms with Gasteiger partial charge in [0.15, 0.2) is 0 Å². The maximum atomic E-state index is 12.4. The summed E-state index contributed by atoms with van der Waals surface area (Å²) in [5, 5.41) is 3.52. The van der Waals surface area contributed by atoms with Crippen LogP contribution in [0.15, 0.2) is 36.4 Å². The Hall–Kier alpha value is -1.60. The Morgan fingerprint density at radius 2 is 1.89 bits per heavy atom. The van der Waals surface area contributed by atoms with Crippen LogP contribution in [0, 0.1) is 0 Å². The molecule has 0 aromatic heterocycles. The van der Waals surface area contributed by atoms with Crippen LogP contribution in [-0.2, 0) is 23.0 Å². The lowest BCUT2D eigenvalue weighted by atomic mass is 10.0. The number of halogens is 2. The Kier molecular flexibility index (Phi) is 6.11. The van der Waals surface area contributed by atoms with Gasteiger partial charge >= 0.3 is 0 Å². The fraction of sp³-hybridized carbons (Fsp3) is 0.316. The quantitative estimate of drug-likeness (QED) is 0.772. The summed E-state index contributed by atoms with van der Waals surface area (Å²) in [6.07, 6.45) is 1.25. The number of amides is 1. The van der Waals surface area contributed by atoms with Crippen LogP contribution in [0.25, 0.3) is 0 Å². The molecular formula is C19H20Cl2N2O3S. The van der Waals surface area contributed by atoms with Crippen molar-refractivity contribution < 1.29 is 13.2 Å². The molecule has 8 heteroatoms. The molecule has 0 aliphatic carbocycles. The zero-order valence-electron chi connectivity index (χ0n) is 14.8. The van der Waals surface area contributed by atoms with Gasteiger partial charge in [-0.25, -0.2) is 8.42 Å². The van der Waals surface area contributed by atoms with Gasteiger partial charge in [-0.3, -0.25) is 4.79 Å². The Bertz CT molecular complexity index is 977. The highest BCUT2D eigenvalue weighted by molar-refractivity contribution is 7.89. The molecule has 1 aliphatic heterocycles. The van der Waals surface area contributed by atoms with Crippen LogP contribution in [0.1, 0.15) is 34.8 Å². The fourth-order valence-electron chi connectivity index (χ4n) is 3.07. The van der Waals surface area contributed by atoms with Gasteiger partial charge in [0.05, 0.1) is 15.8 Å². The third-order valence-electron chi connectivity index (χ3n) is 4.48. The van der Waals surface area contributed by atoms with Crippen LogP contribution in [0.4, 0.5) is 5.69 Å². The molecule has 1 aliphatic rings. The van der Waals surface area contributed by atoms with Crippen LogP contribution in [-0.4, -0.2) is 30.9 Å². The van der Waals surface area contributed by atoms with Crippen molar-refractivity contribution in [2.45, 2.75) is 26.3 Å². The third-order valence-corrected chi connectivity index (χ3v) is 7.24. The highest BCUT2D eigenvalue weighted by atomic mass is 35.5. The van der Waals surface area contributed by atoms with Crippen LogP contribution in [0.2, 0.25) is 10.0 Å². The Balaban J connectivity index is 1.78. The topological polar surface area (TPSA) is 66.5 Å². The first kappa shape index (κ1) is 20.1. The van der Waals surface area contributed by atoms with Crippen LogP contribution in [0.3, 0.4) is 0 Å². The van der Waals surface area contributed by atoms with Crippen LogP contribution >= 0.6 is 23.2 Å².